The van der Waals surface area contributed by atoms with Gasteiger partial charge >= 0.3 is 6.09 Å². The Hall–Kier alpha value is -3.35. The summed E-state index contributed by atoms with van der Waals surface area (Å²) >= 11 is 0. The predicted octanol–water partition coefficient (Wildman–Crippen LogP) is 3.88. The molecule has 2 rings (SSSR count). The van der Waals surface area contributed by atoms with Gasteiger partial charge in [0.2, 0.25) is 5.91 Å². The van der Waals surface area contributed by atoms with E-state index in [1.807, 2.05) is 0 Å². The first-order chi connectivity index (χ1) is 12.9. The molecule has 2 N–H and O–H groups in total. The molecule has 142 valence electrons. The first-order valence-electron chi connectivity index (χ1n) is 8.66. The van der Waals surface area contributed by atoms with E-state index in [0.29, 0.717) is 35.7 Å². The number of nitrogens with zero attached hydrogens (tertiary/aromatic N) is 1. The third-order valence-corrected chi connectivity index (χ3v) is 3.78. The summed E-state index contributed by atoms with van der Waals surface area (Å²) in [6, 6.07) is 13.5. The fourth-order valence-corrected chi connectivity index (χ4v) is 2.28. The molecule has 7 nitrogen and oxygen atoms in total. The number of hydrogen-bond donors (Lipinski definition) is 2. The minimum Gasteiger partial charge on any atom is -0.449 e. The van der Waals surface area contributed by atoms with Crippen molar-refractivity contribution in [2.75, 3.05) is 29.2 Å². The second kappa shape index (κ2) is 9.38. The van der Waals surface area contributed by atoms with Gasteiger partial charge in [0.25, 0.3) is 5.91 Å². The molecule has 0 fully saturated rings. The minimum atomic E-state index is -0.444. The summed E-state index contributed by atoms with van der Waals surface area (Å²) in [4.78, 5) is 37.0. The number of rotatable bonds is 6. The van der Waals surface area contributed by atoms with Crippen LogP contribution in [0.3, 0.4) is 0 Å². The Morgan fingerprint density at radius 1 is 0.963 bits per heavy atom. The lowest BCUT2D eigenvalue weighted by molar-refractivity contribution is -0.115. The van der Waals surface area contributed by atoms with Gasteiger partial charge in [-0.15, -0.1) is 0 Å². The second-order valence-electron chi connectivity index (χ2n) is 5.74. The van der Waals surface area contributed by atoms with E-state index in [0.717, 1.165) is 0 Å². The van der Waals surface area contributed by atoms with E-state index in [2.05, 4.69) is 10.6 Å². The highest BCUT2D eigenvalue weighted by Crippen LogP contribution is 2.19. The second-order valence-corrected chi connectivity index (χ2v) is 5.74. The first kappa shape index (κ1) is 20.0. The lowest BCUT2D eigenvalue weighted by Gasteiger charge is -2.17. The lowest BCUT2D eigenvalue weighted by Crippen LogP contribution is -2.26. The van der Waals surface area contributed by atoms with Crippen molar-refractivity contribution in [1.29, 1.82) is 0 Å². The van der Waals surface area contributed by atoms with E-state index in [1.165, 1.54) is 4.90 Å². The van der Waals surface area contributed by atoms with Crippen LogP contribution in [0.25, 0.3) is 0 Å². The number of ether oxygens (including phenoxy) is 1. The zero-order valence-electron chi connectivity index (χ0n) is 15.6. The fraction of sp³-hybridized carbons (Fsp3) is 0.250. The van der Waals surface area contributed by atoms with Crippen molar-refractivity contribution >= 4 is 35.0 Å². The van der Waals surface area contributed by atoms with Crippen LogP contribution in [0.15, 0.2) is 48.5 Å². The van der Waals surface area contributed by atoms with Gasteiger partial charge in [0, 0.05) is 36.1 Å². The fourth-order valence-electron chi connectivity index (χ4n) is 2.28. The van der Waals surface area contributed by atoms with Crippen LogP contribution in [0.4, 0.5) is 21.9 Å². The molecule has 3 amide bonds. The van der Waals surface area contributed by atoms with Gasteiger partial charge in [-0.25, -0.2) is 4.79 Å². The van der Waals surface area contributed by atoms with E-state index in [1.54, 1.807) is 69.4 Å². The van der Waals surface area contributed by atoms with E-state index >= 15 is 0 Å². The topological polar surface area (TPSA) is 87.7 Å². The molecule has 0 saturated heterocycles. The van der Waals surface area contributed by atoms with Crippen molar-refractivity contribution in [3.63, 3.8) is 0 Å². The van der Waals surface area contributed by atoms with E-state index in [4.69, 9.17) is 4.74 Å². The summed E-state index contributed by atoms with van der Waals surface area (Å²) in [5.74, 6) is -0.414. The average Bonchev–Trinajstić information content (AvgIpc) is 2.68. The smallest absolute Gasteiger partial charge is 0.413 e. The molecule has 0 bridgehead atoms. The van der Waals surface area contributed by atoms with Gasteiger partial charge in [-0.1, -0.05) is 13.0 Å². The highest BCUT2D eigenvalue weighted by atomic mass is 16.6. The molecule has 0 aromatic heterocycles. The number of benzene rings is 2. The Bertz CT molecular complexity index is 818. The maximum absolute atomic E-state index is 12.4. The van der Waals surface area contributed by atoms with Crippen LogP contribution in [0.5, 0.6) is 0 Å². The highest BCUT2D eigenvalue weighted by molar-refractivity contribution is 6.05. The van der Waals surface area contributed by atoms with Crippen molar-refractivity contribution in [2.24, 2.45) is 0 Å². The number of amides is 3. The number of hydrogen-bond acceptors (Lipinski definition) is 4. The predicted molar refractivity (Wildman–Crippen MR) is 105 cm³/mol. The molecule has 0 aliphatic carbocycles. The molecule has 27 heavy (non-hydrogen) atoms. The van der Waals surface area contributed by atoms with E-state index in [-0.39, 0.29) is 11.8 Å². The van der Waals surface area contributed by atoms with Gasteiger partial charge in [0.05, 0.1) is 6.61 Å². The van der Waals surface area contributed by atoms with Crippen LogP contribution >= 0.6 is 0 Å². The normalized spacial score (nSPS) is 10.0. The molecule has 0 saturated carbocycles. The number of carbonyl (C=O) groups is 3. The van der Waals surface area contributed by atoms with Gasteiger partial charge in [0.15, 0.2) is 0 Å². The lowest BCUT2D eigenvalue weighted by atomic mass is 10.1. The molecule has 2 aromatic carbocycles. The summed E-state index contributed by atoms with van der Waals surface area (Å²) in [5.41, 5.74) is 2.23. The maximum Gasteiger partial charge on any atom is 0.413 e. The molecule has 0 aliphatic rings. The molecule has 0 radical (unpaired) electrons. The van der Waals surface area contributed by atoms with Crippen molar-refractivity contribution < 1.29 is 19.1 Å². The Kier molecular flexibility index (Phi) is 6.93. The van der Waals surface area contributed by atoms with Crippen LogP contribution in [0.2, 0.25) is 0 Å². The maximum atomic E-state index is 12.4. The summed E-state index contributed by atoms with van der Waals surface area (Å²) in [5, 5.41) is 5.51. The molecule has 0 heterocycles. The quantitative estimate of drug-likeness (QED) is 0.809. The Balaban J connectivity index is 2.04. The van der Waals surface area contributed by atoms with Crippen LogP contribution < -0.4 is 15.5 Å². The van der Waals surface area contributed by atoms with E-state index < -0.39 is 6.09 Å². The van der Waals surface area contributed by atoms with Gasteiger partial charge in [-0.05, 0) is 49.4 Å². The SMILES string of the molecule is CCOC(=O)N(C)c1ccc(NC(=O)c2cccc(NC(=O)CC)c2)cc1. The Morgan fingerprint density at radius 3 is 2.30 bits per heavy atom. The number of carbonyl (C=O) groups excluding carboxylic acids is 3. The van der Waals surface area contributed by atoms with E-state index in [9.17, 15) is 14.4 Å². The number of nitrogens with one attached hydrogen (secondary N) is 2. The van der Waals surface area contributed by atoms with Crippen LogP contribution in [0, 0.1) is 0 Å². The minimum absolute atomic E-state index is 0.117. The van der Waals surface area contributed by atoms with Crippen molar-refractivity contribution in [3.05, 3.63) is 54.1 Å². The van der Waals surface area contributed by atoms with Crippen LogP contribution in [-0.2, 0) is 9.53 Å². The Morgan fingerprint density at radius 2 is 1.67 bits per heavy atom. The standard InChI is InChI=1S/C20H23N3O4/c1-4-18(24)21-16-8-6-7-14(13-16)19(25)22-15-9-11-17(12-10-15)23(3)20(26)27-5-2/h6-13H,4-5H2,1-3H3,(H,21,24)(H,22,25). The third kappa shape index (κ3) is 5.57. The molecular formula is C20H23N3O4. The van der Waals surface area contributed by atoms with Crippen molar-refractivity contribution in [3.8, 4) is 0 Å². The molecule has 0 atom stereocenters. The van der Waals surface area contributed by atoms with Crippen molar-refractivity contribution in [2.45, 2.75) is 20.3 Å². The monoisotopic (exact) mass is 369 g/mol. The highest BCUT2D eigenvalue weighted by Gasteiger charge is 2.12. The first-order valence-corrected chi connectivity index (χ1v) is 8.66. The summed E-state index contributed by atoms with van der Waals surface area (Å²) in [6.07, 6.45) is -0.0801. The molecule has 0 unspecified atom stereocenters. The largest absolute Gasteiger partial charge is 0.449 e. The zero-order chi connectivity index (χ0) is 19.8. The molecule has 2 aromatic rings. The number of anilines is 3. The zero-order valence-corrected chi connectivity index (χ0v) is 15.6. The average molecular weight is 369 g/mol. The molecular weight excluding hydrogens is 346 g/mol. The summed E-state index contributed by atoms with van der Waals surface area (Å²) in [7, 11) is 1.61. The molecule has 0 spiro atoms. The summed E-state index contributed by atoms with van der Waals surface area (Å²) in [6.45, 7) is 3.80. The molecule has 0 aliphatic heterocycles. The van der Waals surface area contributed by atoms with Gasteiger partial charge < -0.3 is 15.4 Å². The van der Waals surface area contributed by atoms with Crippen LogP contribution in [-0.4, -0.2) is 31.6 Å². The van der Waals surface area contributed by atoms with Crippen molar-refractivity contribution in [1.82, 2.24) is 0 Å². The van der Waals surface area contributed by atoms with Gasteiger partial charge in [-0.3, -0.25) is 14.5 Å². The van der Waals surface area contributed by atoms with Crippen LogP contribution in [0.1, 0.15) is 30.6 Å². The summed E-state index contributed by atoms with van der Waals surface area (Å²) < 4.78 is 4.94. The van der Waals surface area contributed by atoms with Gasteiger partial charge in [0.1, 0.15) is 0 Å². The third-order valence-electron chi connectivity index (χ3n) is 3.78. The van der Waals surface area contributed by atoms with Gasteiger partial charge in [-0.2, -0.15) is 0 Å². The Labute approximate surface area is 158 Å². The molecule has 7 heteroatoms.